The Kier molecular flexibility index (Phi) is 3.32. The second-order valence-corrected chi connectivity index (χ2v) is 4.44. The Labute approximate surface area is 122 Å². The summed E-state index contributed by atoms with van der Waals surface area (Å²) < 4.78 is 47.9. The molecular weight excluding hydrogens is 299 g/mol. The first-order chi connectivity index (χ1) is 10.4. The summed E-state index contributed by atoms with van der Waals surface area (Å²) in [6.07, 6.45) is -1.83. The second-order valence-electron chi connectivity index (χ2n) is 4.44. The Bertz CT molecular complexity index is 774. The SMILES string of the molecule is O=C1OC(c2ccco2)=N/C1=C/c1cccc(C(F)(F)F)c1. The van der Waals surface area contributed by atoms with Gasteiger partial charge in [0.15, 0.2) is 11.5 Å². The lowest BCUT2D eigenvalue weighted by atomic mass is 10.1. The van der Waals surface area contributed by atoms with Crippen LogP contribution in [0.4, 0.5) is 13.2 Å². The van der Waals surface area contributed by atoms with Gasteiger partial charge in [-0.25, -0.2) is 9.79 Å². The fourth-order valence-corrected chi connectivity index (χ4v) is 1.88. The number of furan rings is 1. The third-order valence-corrected chi connectivity index (χ3v) is 2.87. The van der Waals surface area contributed by atoms with E-state index < -0.39 is 17.7 Å². The van der Waals surface area contributed by atoms with Crippen molar-refractivity contribution in [1.82, 2.24) is 0 Å². The molecule has 0 spiro atoms. The molecule has 2 aromatic rings. The number of carbonyl (C=O) groups excluding carboxylic acids is 1. The van der Waals surface area contributed by atoms with Crippen LogP contribution in [0.2, 0.25) is 0 Å². The Morgan fingerprint density at radius 2 is 1.95 bits per heavy atom. The van der Waals surface area contributed by atoms with Crippen molar-refractivity contribution in [2.24, 2.45) is 4.99 Å². The molecule has 4 nitrogen and oxygen atoms in total. The standard InChI is InChI=1S/C15H8F3NO3/c16-15(17,18)10-4-1-3-9(7-10)8-11-14(20)22-13(19-11)12-5-2-6-21-12/h1-8H/b11-8+. The van der Waals surface area contributed by atoms with Crippen LogP contribution in [0.15, 0.2) is 57.8 Å². The minimum atomic E-state index is -4.45. The van der Waals surface area contributed by atoms with Crippen molar-refractivity contribution in [1.29, 1.82) is 0 Å². The van der Waals surface area contributed by atoms with Crippen molar-refractivity contribution in [3.05, 3.63) is 65.2 Å². The van der Waals surface area contributed by atoms with Crippen LogP contribution in [-0.4, -0.2) is 11.9 Å². The first-order valence-corrected chi connectivity index (χ1v) is 6.17. The highest BCUT2D eigenvalue weighted by atomic mass is 19.4. The average Bonchev–Trinajstić information content (AvgIpc) is 3.09. The number of hydrogen-bond acceptors (Lipinski definition) is 4. The molecule has 0 saturated heterocycles. The van der Waals surface area contributed by atoms with Crippen LogP contribution in [0, 0.1) is 0 Å². The summed E-state index contributed by atoms with van der Waals surface area (Å²) in [7, 11) is 0. The molecule has 0 atom stereocenters. The van der Waals surface area contributed by atoms with E-state index in [4.69, 9.17) is 9.15 Å². The van der Waals surface area contributed by atoms with E-state index in [1.54, 1.807) is 12.1 Å². The van der Waals surface area contributed by atoms with E-state index in [-0.39, 0.29) is 22.9 Å². The van der Waals surface area contributed by atoms with Crippen molar-refractivity contribution >= 4 is 17.9 Å². The second kappa shape index (κ2) is 5.18. The van der Waals surface area contributed by atoms with Gasteiger partial charge in [0.1, 0.15) is 0 Å². The van der Waals surface area contributed by atoms with Gasteiger partial charge in [0, 0.05) is 0 Å². The predicted molar refractivity (Wildman–Crippen MR) is 70.8 cm³/mol. The van der Waals surface area contributed by atoms with E-state index in [1.165, 1.54) is 24.5 Å². The summed E-state index contributed by atoms with van der Waals surface area (Å²) in [4.78, 5) is 15.6. The molecule has 0 fully saturated rings. The fourth-order valence-electron chi connectivity index (χ4n) is 1.88. The number of alkyl halides is 3. The minimum Gasteiger partial charge on any atom is -0.459 e. The highest BCUT2D eigenvalue weighted by Crippen LogP contribution is 2.30. The van der Waals surface area contributed by atoms with E-state index in [9.17, 15) is 18.0 Å². The lowest BCUT2D eigenvalue weighted by Crippen LogP contribution is -2.05. The van der Waals surface area contributed by atoms with Gasteiger partial charge in [-0.05, 0) is 35.9 Å². The number of cyclic esters (lactones) is 1. The van der Waals surface area contributed by atoms with Crippen LogP contribution in [0.3, 0.4) is 0 Å². The van der Waals surface area contributed by atoms with Gasteiger partial charge in [-0.15, -0.1) is 0 Å². The number of nitrogens with zero attached hydrogens (tertiary/aromatic N) is 1. The number of carbonyl (C=O) groups is 1. The highest BCUT2D eigenvalue weighted by molar-refractivity contribution is 6.11. The summed E-state index contributed by atoms with van der Waals surface area (Å²) in [5.74, 6) is -0.502. The molecule has 0 radical (unpaired) electrons. The zero-order chi connectivity index (χ0) is 15.7. The number of ether oxygens (including phenoxy) is 1. The van der Waals surface area contributed by atoms with Crippen LogP contribution < -0.4 is 0 Å². The summed E-state index contributed by atoms with van der Waals surface area (Å²) in [6, 6.07) is 7.73. The minimum absolute atomic E-state index is 0.0202. The molecular formula is C15H8F3NO3. The maximum atomic E-state index is 12.7. The van der Waals surface area contributed by atoms with E-state index in [0.717, 1.165) is 12.1 Å². The number of benzene rings is 1. The Hall–Kier alpha value is -2.83. The van der Waals surface area contributed by atoms with E-state index in [1.807, 2.05) is 0 Å². The third-order valence-electron chi connectivity index (χ3n) is 2.87. The maximum absolute atomic E-state index is 12.7. The number of aliphatic imine (C=N–C) groups is 1. The van der Waals surface area contributed by atoms with Crippen LogP contribution >= 0.6 is 0 Å². The monoisotopic (exact) mass is 307 g/mol. The summed E-state index contributed by atoms with van der Waals surface area (Å²) >= 11 is 0. The third kappa shape index (κ3) is 2.78. The molecule has 112 valence electrons. The van der Waals surface area contributed by atoms with Crippen molar-refractivity contribution in [3.8, 4) is 0 Å². The lowest BCUT2D eigenvalue weighted by molar-refractivity contribution is -0.137. The average molecular weight is 307 g/mol. The molecule has 1 aliphatic rings. The van der Waals surface area contributed by atoms with Crippen LogP contribution in [0.1, 0.15) is 16.9 Å². The quantitative estimate of drug-likeness (QED) is 0.628. The molecule has 0 N–H and O–H groups in total. The fraction of sp³-hybridized carbons (Fsp3) is 0.0667. The van der Waals surface area contributed by atoms with Gasteiger partial charge in [0.05, 0.1) is 11.8 Å². The van der Waals surface area contributed by atoms with Crippen molar-refractivity contribution in [2.45, 2.75) is 6.18 Å². The largest absolute Gasteiger partial charge is 0.459 e. The van der Waals surface area contributed by atoms with Gasteiger partial charge < -0.3 is 9.15 Å². The van der Waals surface area contributed by atoms with Gasteiger partial charge in [0.25, 0.3) is 5.90 Å². The summed E-state index contributed by atoms with van der Waals surface area (Å²) in [5.41, 5.74) is -0.694. The summed E-state index contributed by atoms with van der Waals surface area (Å²) in [5, 5.41) is 0. The predicted octanol–water partition coefficient (Wildman–Crippen LogP) is 3.64. The maximum Gasteiger partial charge on any atom is 0.416 e. The molecule has 0 amide bonds. The number of hydrogen-bond donors (Lipinski definition) is 0. The van der Waals surface area contributed by atoms with E-state index >= 15 is 0 Å². The molecule has 0 bridgehead atoms. The van der Waals surface area contributed by atoms with Gasteiger partial charge in [-0.1, -0.05) is 12.1 Å². The topological polar surface area (TPSA) is 51.8 Å². The molecule has 0 unspecified atom stereocenters. The molecule has 0 aliphatic carbocycles. The molecule has 0 saturated carbocycles. The van der Waals surface area contributed by atoms with Crippen molar-refractivity contribution in [2.75, 3.05) is 0 Å². The Balaban J connectivity index is 1.94. The molecule has 1 aromatic heterocycles. The van der Waals surface area contributed by atoms with E-state index in [0.29, 0.717) is 0 Å². The van der Waals surface area contributed by atoms with Gasteiger partial charge in [0.2, 0.25) is 0 Å². The molecule has 1 aliphatic heterocycles. The van der Waals surface area contributed by atoms with E-state index in [2.05, 4.69) is 4.99 Å². The molecule has 7 heteroatoms. The van der Waals surface area contributed by atoms with Crippen molar-refractivity contribution in [3.63, 3.8) is 0 Å². The van der Waals surface area contributed by atoms with Gasteiger partial charge in [-0.2, -0.15) is 13.2 Å². The van der Waals surface area contributed by atoms with Crippen LogP contribution in [-0.2, 0) is 15.7 Å². The normalized spacial score (nSPS) is 16.8. The number of halogens is 3. The molecule has 1 aromatic carbocycles. The smallest absolute Gasteiger partial charge is 0.416 e. The molecule has 22 heavy (non-hydrogen) atoms. The zero-order valence-corrected chi connectivity index (χ0v) is 10.9. The Morgan fingerprint density at radius 3 is 2.64 bits per heavy atom. The van der Waals surface area contributed by atoms with Gasteiger partial charge >= 0.3 is 12.1 Å². The lowest BCUT2D eigenvalue weighted by Gasteiger charge is -2.06. The zero-order valence-electron chi connectivity index (χ0n) is 10.9. The number of esters is 1. The van der Waals surface area contributed by atoms with Crippen LogP contribution in [0.5, 0.6) is 0 Å². The summed E-state index contributed by atoms with van der Waals surface area (Å²) in [6.45, 7) is 0. The van der Waals surface area contributed by atoms with Crippen molar-refractivity contribution < 1.29 is 27.1 Å². The molecule has 3 rings (SSSR count). The Morgan fingerprint density at radius 1 is 1.14 bits per heavy atom. The number of rotatable bonds is 2. The van der Waals surface area contributed by atoms with Gasteiger partial charge in [-0.3, -0.25) is 0 Å². The van der Waals surface area contributed by atoms with Crippen LogP contribution in [0.25, 0.3) is 6.08 Å². The first kappa shape index (κ1) is 14.1. The molecule has 2 heterocycles. The first-order valence-electron chi connectivity index (χ1n) is 6.17. The highest BCUT2D eigenvalue weighted by Gasteiger charge is 2.30.